The monoisotopic (exact) mass is 305 g/mol. The molecule has 1 rings (SSSR count). The van der Waals surface area contributed by atoms with Crippen molar-refractivity contribution >= 4 is 21.4 Å². The predicted molar refractivity (Wildman–Crippen MR) is 72.7 cm³/mol. The average molecular weight is 305 g/mol. The predicted octanol–water partition coefficient (Wildman–Crippen LogP) is 1.81. The molecular formula is C11H16FN3O4S. The first-order valence-electron chi connectivity index (χ1n) is 5.95. The molecule has 0 fully saturated rings. The Kier molecular flexibility index (Phi) is 5.01. The molecule has 0 aliphatic rings. The number of hydrogen-bond acceptors (Lipinski definition) is 5. The van der Waals surface area contributed by atoms with Crippen molar-refractivity contribution in [2.75, 3.05) is 25.5 Å². The number of benzene rings is 1. The Bertz CT molecular complexity index is 614. The molecule has 0 spiro atoms. The third-order valence-corrected chi connectivity index (χ3v) is 4.94. The first-order valence-corrected chi connectivity index (χ1v) is 7.39. The van der Waals surface area contributed by atoms with Gasteiger partial charge in [-0.2, -0.15) is 4.31 Å². The van der Waals surface area contributed by atoms with Crippen molar-refractivity contribution in [3.05, 3.63) is 28.1 Å². The molecule has 0 bridgehead atoms. The summed E-state index contributed by atoms with van der Waals surface area (Å²) in [6, 6.07) is 1.61. The van der Waals surface area contributed by atoms with Gasteiger partial charge in [-0.1, -0.05) is 13.8 Å². The minimum atomic E-state index is -4.04. The van der Waals surface area contributed by atoms with Crippen molar-refractivity contribution in [3.8, 4) is 0 Å². The third kappa shape index (κ3) is 2.88. The number of anilines is 1. The van der Waals surface area contributed by atoms with E-state index in [1.807, 2.05) is 0 Å². The lowest BCUT2D eigenvalue weighted by molar-refractivity contribution is -0.385. The van der Waals surface area contributed by atoms with Crippen molar-refractivity contribution in [3.63, 3.8) is 0 Å². The van der Waals surface area contributed by atoms with Gasteiger partial charge in [-0.25, -0.2) is 12.8 Å². The topological polar surface area (TPSA) is 92.5 Å². The molecule has 0 radical (unpaired) electrons. The summed E-state index contributed by atoms with van der Waals surface area (Å²) in [6.45, 7) is 3.61. The SMILES string of the molecule is CCN(CC)S(=O)(=O)c1c(F)cc([N+](=O)[O-])cc1NC. The maximum atomic E-state index is 14.0. The van der Waals surface area contributed by atoms with E-state index in [9.17, 15) is 22.9 Å². The fraction of sp³-hybridized carbons (Fsp3) is 0.455. The number of halogens is 1. The Morgan fingerprint density at radius 1 is 1.35 bits per heavy atom. The second-order valence-electron chi connectivity index (χ2n) is 3.90. The van der Waals surface area contributed by atoms with Gasteiger partial charge < -0.3 is 5.32 Å². The van der Waals surface area contributed by atoms with Crippen LogP contribution < -0.4 is 5.32 Å². The summed E-state index contributed by atoms with van der Waals surface area (Å²) in [5, 5.41) is 13.2. The van der Waals surface area contributed by atoms with Crippen LogP contribution in [0.15, 0.2) is 17.0 Å². The van der Waals surface area contributed by atoms with Gasteiger partial charge >= 0.3 is 0 Å². The fourth-order valence-corrected chi connectivity index (χ4v) is 3.51. The molecule has 0 atom stereocenters. The molecule has 0 heterocycles. The first kappa shape index (κ1) is 16.3. The van der Waals surface area contributed by atoms with Crippen LogP contribution >= 0.6 is 0 Å². The van der Waals surface area contributed by atoms with Crippen LogP contribution in [0.2, 0.25) is 0 Å². The highest BCUT2D eigenvalue weighted by atomic mass is 32.2. The molecule has 0 unspecified atom stereocenters. The van der Waals surface area contributed by atoms with Crippen LogP contribution in [0.25, 0.3) is 0 Å². The van der Waals surface area contributed by atoms with Crippen LogP contribution in [0, 0.1) is 15.9 Å². The number of nitrogens with zero attached hydrogens (tertiary/aromatic N) is 2. The maximum absolute atomic E-state index is 14.0. The molecule has 0 amide bonds. The van der Waals surface area contributed by atoms with E-state index in [-0.39, 0.29) is 18.8 Å². The van der Waals surface area contributed by atoms with E-state index in [1.54, 1.807) is 13.8 Å². The second kappa shape index (κ2) is 6.14. The maximum Gasteiger partial charge on any atom is 0.274 e. The lowest BCUT2D eigenvalue weighted by Crippen LogP contribution is -2.31. The van der Waals surface area contributed by atoms with E-state index < -0.39 is 31.3 Å². The number of non-ortho nitro benzene ring substituents is 1. The molecule has 9 heteroatoms. The zero-order chi connectivity index (χ0) is 15.5. The first-order chi connectivity index (χ1) is 9.29. The molecule has 112 valence electrons. The Morgan fingerprint density at radius 3 is 2.30 bits per heavy atom. The number of rotatable bonds is 6. The highest BCUT2D eigenvalue weighted by Gasteiger charge is 2.30. The van der Waals surface area contributed by atoms with E-state index in [0.29, 0.717) is 6.07 Å². The van der Waals surface area contributed by atoms with Gasteiger partial charge in [0.2, 0.25) is 10.0 Å². The van der Waals surface area contributed by atoms with Crippen LogP contribution in [0.5, 0.6) is 0 Å². The number of hydrogen-bond donors (Lipinski definition) is 1. The molecule has 7 nitrogen and oxygen atoms in total. The van der Waals surface area contributed by atoms with Gasteiger partial charge in [0, 0.05) is 26.2 Å². The number of sulfonamides is 1. The van der Waals surface area contributed by atoms with Crippen molar-refractivity contribution in [1.29, 1.82) is 0 Å². The minimum Gasteiger partial charge on any atom is -0.387 e. The molecule has 0 saturated heterocycles. The van der Waals surface area contributed by atoms with E-state index in [4.69, 9.17) is 0 Å². The molecular weight excluding hydrogens is 289 g/mol. The van der Waals surface area contributed by atoms with Crippen molar-refractivity contribution < 1.29 is 17.7 Å². The van der Waals surface area contributed by atoms with E-state index >= 15 is 0 Å². The average Bonchev–Trinajstić information content (AvgIpc) is 2.38. The molecule has 1 N–H and O–H groups in total. The Hall–Kier alpha value is -1.74. The second-order valence-corrected chi connectivity index (χ2v) is 5.78. The molecule has 0 aliphatic heterocycles. The zero-order valence-corrected chi connectivity index (χ0v) is 12.2. The molecule has 1 aromatic rings. The summed E-state index contributed by atoms with van der Waals surface area (Å²) in [5.74, 6) is -1.14. The standard InChI is InChI=1S/C11H16FN3O4S/c1-4-14(5-2)20(18,19)11-9(12)6-8(15(16)17)7-10(11)13-3/h6-7,13H,4-5H2,1-3H3. The lowest BCUT2D eigenvalue weighted by Gasteiger charge is -2.20. The van der Waals surface area contributed by atoms with E-state index in [2.05, 4.69) is 5.32 Å². The highest BCUT2D eigenvalue weighted by molar-refractivity contribution is 7.89. The van der Waals surface area contributed by atoms with Gasteiger partial charge in [-0.15, -0.1) is 0 Å². The quantitative estimate of drug-likeness (QED) is 0.639. The van der Waals surface area contributed by atoms with Crippen LogP contribution in [-0.4, -0.2) is 37.8 Å². The van der Waals surface area contributed by atoms with Crippen molar-refractivity contribution in [2.24, 2.45) is 0 Å². The van der Waals surface area contributed by atoms with Gasteiger partial charge in [0.25, 0.3) is 5.69 Å². The summed E-state index contributed by atoms with van der Waals surface area (Å²) < 4.78 is 39.8. The molecule has 20 heavy (non-hydrogen) atoms. The van der Waals surface area contributed by atoms with Gasteiger partial charge in [0.05, 0.1) is 16.7 Å². The summed E-state index contributed by atoms with van der Waals surface area (Å²) in [7, 11) is -2.67. The van der Waals surface area contributed by atoms with Gasteiger partial charge in [0.15, 0.2) is 5.82 Å². The molecule has 0 aliphatic carbocycles. The molecule has 0 saturated carbocycles. The van der Waals surface area contributed by atoms with Gasteiger partial charge in [0.1, 0.15) is 4.90 Å². The molecule has 1 aromatic carbocycles. The van der Waals surface area contributed by atoms with Crippen molar-refractivity contribution in [1.82, 2.24) is 4.31 Å². The number of nitro groups is 1. The number of nitro benzene ring substituents is 1. The Morgan fingerprint density at radius 2 is 1.90 bits per heavy atom. The Labute approximate surface area is 116 Å². The summed E-state index contributed by atoms with van der Waals surface area (Å²) in [6.07, 6.45) is 0. The largest absolute Gasteiger partial charge is 0.387 e. The third-order valence-electron chi connectivity index (χ3n) is 2.81. The molecule has 0 aromatic heterocycles. The summed E-state index contributed by atoms with van der Waals surface area (Å²) in [4.78, 5) is 9.32. The Balaban J connectivity index is 3.57. The number of nitrogens with one attached hydrogen (secondary N) is 1. The minimum absolute atomic E-state index is 0.136. The van der Waals surface area contributed by atoms with Crippen LogP contribution in [0.1, 0.15) is 13.8 Å². The normalized spacial score (nSPS) is 11.7. The summed E-state index contributed by atoms with van der Waals surface area (Å²) in [5.41, 5.74) is -0.644. The van der Waals surface area contributed by atoms with Crippen LogP contribution in [0.3, 0.4) is 0 Å². The van der Waals surface area contributed by atoms with Crippen LogP contribution in [0.4, 0.5) is 15.8 Å². The summed E-state index contributed by atoms with van der Waals surface area (Å²) >= 11 is 0. The van der Waals surface area contributed by atoms with Crippen molar-refractivity contribution in [2.45, 2.75) is 18.7 Å². The highest BCUT2D eigenvalue weighted by Crippen LogP contribution is 2.31. The van der Waals surface area contributed by atoms with Crippen LogP contribution in [-0.2, 0) is 10.0 Å². The zero-order valence-electron chi connectivity index (χ0n) is 11.4. The van der Waals surface area contributed by atoms with E-state index in [0.717, 1.165) is 10.4 Å². The lowest BCUT2D eigenvalue weighted by atomic mass is 10.2. The fourth-order valence-electron chi connectivity index (χ4n) is 1.83. The smallest absolute Gasteiger partial charge is 0.274 e. The van der Waals surface area contributed by atoms with Gasteiger partial charge in [-0.3, -0.25) is 10.1 Å². The van der Waals surface area contributed by atoms with E-state index in [1.165, 1.54) is 7.05 Å². The van der Waals surface area contributed by atoms with Gasteiger partial charge in [-0.05, 0) is 0 Å².